The summed E-state index contributed by atoms with van der Waals surface area (Å²) < 4.78 is 2.07. The highest BCUT2D eigenvalue weighted by Crippen LogP contribution is 2.28. The summed E-state index contributed by atoms with van der Waals surface area (Å²) in [6, 6.07) is 10.0. The lowest BCUT2D eigenvalue weighted by Gasteiger charge is -2.11. The predicted octanol–water partition coefficient (Wildman–Crippen LogP) is 4.77. The molecule has 0 spiro atoms. The number of carbonyl (C=O) groups excluding carboxylic acids is 1. The molecule has 0 saturated carbocycles. The lowest BCUT2D eigenvalue weighted by atomic mass is 10.1. The SMILES string of the molecule is O=C(Nc1c(Br)cccc1C(=O)O)c1cc(Br)ccc1I. The third-order valence-electron chi connectivity index (χ3n) is 2.66. The monoisotopic (exact) mass is 523 g/mol. The van der Waals surface area contributed by atoms with E-state index in [-0.39, 0.29) is 17.2 Å². The zero-order chi connectivity index (χ0) is 15.6. The molecule has 4 nitrogen and oxygen atoms in total. The van der Waals surface area contributed by atoms with Crippen LogP contribution in [-0.2, 0) is 0 Å². The van der Waals surface area contributed by atoms with Gasteiger partial charge in [0.25, 0.3) is 5.91 Å². The van der Waals surface area contributed by atoms with Gasteiger partial charge >= 0.3 is 5.97 Å². The van der Waals surface area contributed by atoms with Crippen LogP contribution in [0.2, 0.25) is 0 Å². The second-order valence-corrected chi connectivity index (χ2v) is 6.98. The molecule has 0 unspecified atom stereocenters. The van der Waals surface area contributed by atoms with Gasteiger partial charge in [0.2, 0.25) is 0 Å². The molecule has 0 fully saturated rings. The highest BCUT2D eigenvalue weighted by molar-refractivity contribution is 14.1. The number of amides is 1. The molecule has 0 aliphatic carbocycles. The number of rotatable bonds is 3. The van der Waals surface area contributed by atoms with Crippen molar-refractivity contribution in [1.29, 1.82) is 0 Å². The van der Waals surface area contributed by atoms with Crippen molar-refractivity contribution in [3.05, 3.63) is 60.0 Å². The molecule has 2 aromatic carbocycles. The molecule has 7 heteroatoms. The molecule has 0 saturated heterocycles. The Balaban J connectivity index is 2.41. The number of anilines is 1. The molecule has 2 N–H and O–H groups in total. The summed E-state index contributed by atoms with van der Waals surface area (Å²) >= 11 is 8.63. The van der Waals surface area contributed by atoms with E-state index in [0.717, 1.165) is 8.04 Å². The number of halogens is 3. The molecule has 0 aliphatic heterocycles. The van der Waals surface area contributed by atoms with E-state index < -0.39 is 5.97 Å². The molecular weight excluding hydrogens is 517 g/mol. The molecule has 0 aliphatic rings. The summed E-state index contributed by atoms with van der Waals surface area (Å²) in [5, 5.41) is 11.8. The summed E-state index contributed by atoms with van der Waals surface area (Å²) in [6.45, 7) is 0. The van der Waals surface area contributed by atoms with Crippen molar-refractivity contribution < 1.29 is 14.7 Å². The standard InChI is InChI=1S/C14H8Br2INO3/c15-7-4-5-11(17)9(6-7)13(19)18-12-8(14(20)21)2-1-3-10(12)16/h1-6H,(H,18,19)(H,20,21). The molecule has 0 bridgehead atoms. The normalized spacial score (nSPS) is 10.2. The number of carbonyl (C=O) groups is 2. The van der Waals surface area contributed by atoms with Crippen LogP contribution in [0.5, 0.6) is 0 Å². The van der Waals surface area contributed by atoms with Crippen molar-refractivity contribution in [3.63, 3.8) is 0 Å². The van der Waals surface area contributed by atoms with E-state index in [1.807, 2.05) is 6.07 Å². The highest BCUT2D eigenvalue weighted by Gasteiger charge is 2.17. The van der Waals surface area contributed by atoms with Crippen molar-refractivity contribution >= 4 is 72.0 Å². The van der Waals surface area contributed by atoms with Gasteiger partial charge < -0.3 is 10.4 Å². The Morgan fingerprint density at radius 1 is 1.10 bits per heavy atom. The molecule has 0 heterocycles. The van der Waals surface area contributed by atoms with Crippen molar-refractivity contribution in [2.75, 3.05) is 5.32 Å². The fraction of sp³-hybridized carbons (Fsp3) is 0. The van der Waals surface area contributed by atoms with Crippen LogP contribution in [0.1, 0.15) is 20.7 Å². The fourth-order valence-corrected chi connectivity index (χ4v) is 3.09. The molecule has 21 heavy (non-hydrogen) atoms. The first-order chi connectivity index (χ1) is 9.90. The maximum absolute atomic E-state index is 12.4. The Morgan fingerprint density at radius 3 is 2.48 bits per heavy atom. The van der Waals surface area contributed by atoms with Gasteiger partial charge in [0, 0.05) is 12.5 Å². The number of carboxylic acids is 1. The number of para-hydroxylation sites is 1. The second kappa shape index (κ2) is 6.89. The van der Waals surface area contributed by atoms with Crippen LogP contribution in [0, 0.1) is 3.57 Å². The average Bonchev–Trinajstić information content (AvgIpc) is 2.43. The van der Waals surface area contributed by atoms with Crippen molar-refractivity contribution in [2.24, 2.45) is 0 Å². The van der Waals surface area contributed by atoms with Crippen molar-refractivity contribution in [3.8, 4) is 0 Å². The number of nitrogens with one attached hydrogen (secondary N) is 1. The van der Waals surface area contributed by atoms with Gasteiger partial charge in [-0.1, -0.05) is 22.0 Å². The molecule has 0 atom stereocenters. The Morgan fingerprint density at radius 2 is 1.81 bits per heavy atom. The van der Waals surface area contributed by atoms with Crippen LogP contribution in [-0.4, -0.2) is 17.0 Å². The number of hydrogen-bond donors (Lipinski definition) is 2. The zero-order valence-electron chi connectivity index (χ0n) is 10.4. The van der Waals surface area contributed by atoms with E-state index in [0.29, 0.717) is 10.0 Å². The summed E-state index contributed by atoms with van der Waals surface area (Å²) in [5.74, 6) is -1.47. The Labute approximate surface area is 151 Å². The van der Waals surface area contributed by atoms with E-state index in [4.69, 9.17) is 0 Å². The smallest absolute Gasteiger partial charge is 0.337 e. The first-order valence-electron chi connectivity index (χ1n) is 5.68. The van der Waals surface area contributed by atoms with Gasteiger partial charge in [0.15, 0.2) is 0 Å². The number of hydrogen-bond acceptors (Lipinski definition) is 2. The van der Waals surface area contributed by atoms with E-state index in [9.17, 15) is 14.7 Å². The lowest BCUT2D eigenvalue weighted by Crippen LogP contribution is -2.16. The van der Waals surface area contributed by atoms with Gasteiger partial charge in [-0.25, -0.2) is 4.79 Å². The van der Waals surface area contributed by atoms with Crippen molar-refractivity contribution in [2.45, 2.75) is 0 Å². The second-order valence-electron chi connectivity index (χ2n) is 4.05. The van der Waals surface area contributed by atoms with Crippen LogP contribution in [0.3, 0.4) is 0 Å². The van der Waals surface area contributed by atoms with Gasteiger partial charge in [-0.15, -0.1) is 0 Å². The van der Waals surface area contributed by atoms with Gasteiger partial charge in [-0.05, 0) is 68.9 Å². The summed E-state index contributed by atoms with van der Waals surface area (Å²) in [7, 11) is 0. The molecule has 0 radical (unpaired) electrons. The van der Waals surface area contributed by atoms with E-state index >= 15 is 0 Å². The van der Waals surface area contributed by atoms with Gasteiger partial charge in [0.05, 0.1) is 16.8 Å². The molecular formula is C14H8Br2INO3. The number of aromatic carboxylic acids is 1. The quantitative estimate of drug-likeness (QED) is 0.569. The largest absolute Gasteiger partial charge is 0.478 e. The molecule has 108 valence electrons. The van der Waals surface area contributed by atoms with Crippen LogP contribution < -0.4 is 5.32 Å². The third kappa shape index (κ3) is 3.83. The van der Waals surface area contributed by atoms with Crippen LogP contribution in [0.4, 0.5) is 5.69 Å². The van der Waals surface area contributed by atoms with Gasteiger partial charge in [-0.3, -0.25) is 4.79 Å². The first-order valence-corrected chi connectivity index (χ1v) is 8.35. The maximum atomic E-state index is 12.4. The molecule has 0 aromatic heterocycles. The summed E-state index contributed by atoms with van der Waals surface area (Å²) in [5.41, 5.74) is 0.741. The van der Waals surface area contributed by atoms with Gasteiger partial charge in [-0.2, -0.15) is 0 Å². The van der Waals surface area contributed by atoms with Crippen LogP contribution in [0.15, 0.2) is 45.3 Å². The van der Waals surface area contributed by atoms with E-state index in [1.165, 1.54) is 6.07 Å². The Kier molecular flexibility index (Phi) is 5.39. The van der Waals surface area contributed by atoms with Crippen LogP contribution in [0.25, 0.3) is 0 Å². The minimum absolute atomic E-state index is 0.0303. The average molecular weight is 525 g/mol. The Hall–Kier alpha value is -0.930. The predicted molar refractivity (Wildman–Crippen MR) is 95.9 cm³/mol. The number of carboxylic acid groups (broad SMARTS) is 1. The highest BCUT2D eigenvalue weighted by atomic mass is 127. The Bertz CT molecular complexity index is 734. The fourth-order valence-electron chi connectivity index (χ4n) is 1.68. The molecule has 2 aromatic rings. The maximum Gasteiger partial charge on any atom is 0.337 e. The summed E-state index contributed by atoms with van der Waals surface area (Å²) in [4.78, 5) is 23.6. The lowest BCUT2D eigenvalue weighted by molar-refractivity contribution is 0.0698. The molecule has 2 rings (SSSR count). The minimum atomic E-state index is -1.10. The van der Waals surface area contributed by atoms with E-state index in [2.05, 4.69) is 59.8 Å². The molecule has 1 amide bonds. The minimum Gasteiger partial charge on any atom is -0.478 e. The van der Waals surface area contributed by atoms with Crippen molar-refractivity contribution in [1.82, 2.24) is 0 Å². The third-order valence-corrected chi connectivity index (χ3v) is 4.75. The number of benzene rings is 2. The topological polar surface area (TPSA) is 66.4 Å². The zero-order valence-corrected chi connectivity index (χ0v) is 15.7. The van der Waals surface area contributed by atoms with Crippen LogP contribution >= 0.6 is 54.5 Å². The van der Waals surface area contributed by atoms with E-state index in [1.54, 1.807) is 24.3 Å². The first kappa shape index (κ1) is 16.4. The summed E-state index contributed by atoms with van der Waals surface area (Å²) in [6.07, 6.45) is 0. The van der Waals surface area contributed by atoms with Gasteiger partial charge in [0.1, 0.15) is 0 Å².